The van der Waals surface area contributed by atoms with E-state index in [9.17, 15) is 5.11 Å². The Kier molecular flexibility index (Phi) is 4.49. The number of hydrogen-bond donors (Lipinski definition) is 1. The van der Waals surface area contributed by atoms with Crippen LogP contribution >= 0.6 is 11.6 Å². The first kappa shape index (κ1) is 13.7. The summed E-state index contributed by atoms with van der Waals surface area (Å²) in [7, 11) is 1.63. The van der Waals surface area contributed by atoms with Gasteiger partial charge in [0.05, 0.1) is 12.7 Å². The summed E-state index contributed by atoms with van der Waals surface area (Å²) in [6.07, 6.45) is 2.85. The molecule has 0 radical (unpaired) electrons. The number of aliphatic hydroxyl groups is 1. The molecule has 0 aromatic heterocycles. The lowest BCUT2D eigenvalue weighted by Gasteiger charge is -2.26. The predicted molar refractivity (Wildman–Crippen MR) is 71.3 cm³/mol. The van der Waals surface area contributed by atoms with Crippen LogP contribution in [0.25, 0.3) is 0 Å². The van der Waals surface area contributed by atoms with Gasteiger partial charge in [0.1, 0.15) is 5.75 Å². The maximum atomic E-state index is 10.6. The van der Waals surface area contributed by atoms with E-state index in [4.69, 9.17) is 21.1 Å². The Morgan fingerprint density at radius 1 is 1.39 bits per heavy atom. The van der Waals surface area contributed by atoms with E-state index in [1.807, 2.05) is 12.1 Å². The summed E-state index contributed by atoms with van der Waals surface area (Å²) in [5, 5.41) is 11.3. The van der Waals surface area contributed by atoms with Crippen LogP contribution in [0.4, 0.5) is 0 Å². The highest BCUT2D eigenvalue weighted by atomic mass is 35.5. The summed E-state index contributed by atoms with van der Waals surface area (Å²) < 4.78 is 10.7. The zero-order valence-corrected chi connectivity index (χ0v) is 11.4. The van der Waals surface area contributed by atoms with Gasteiger partial charge in [-0.25, -0.2) is 0 Å². The third kappa shape index (κ3) is 3.37. The molecule has 1 N–H and O–H groups in total. The third-order valence-electron chi connectivity index (χ3n) is 3.40. The number of rotatable bonds is 3. The van der Waals surface area contributed by atoms with Gasteiger partial charge < -0.3 is 14.6 Å². The second-order valence-corrected chi connectivity index (χ2v) is 5.26. The van der Waals surface area contributed by atoms with E-state index < -0.39 is 5.60 Å². The van der Waals surface area contributed by atoms with Gasteiger partial charge in [-0.05, 0) is 43.0 Å². The van der Waals surface area contributed by atoms with Crippen molar-refractivity contribution < 1.29 is 14.6 Å². The fourth-order valence-corrected chi connectivity index (χ4v) is 2.60. The minimum Gasteiger partial charge on any atom is -0.496 e. The number of benzene rings is 1. The Balaban J connectivity index is 2.18. The van der Waals surface area contributed by atoms with Crippen LogP contribution in [0.1, 0.15) is 24.8 Å². The van der Waals surface area contributed by atoms with Gasteiger partial charge in [0.25, 0.3) is 0 Å². The standard InChI is InChI=1S/C14H19ClO3/c1-17-13-4-3-12(15)9-11(13)10-14(16)5-2-7-18-8-6-14/h3-4,9,16H,2,5-8,10H2,1H3. The number of halogens is 1. The van der Waals surface area contributed by atoms with Crippen LogP contribution in [0.5, 0.6) is 5.75 Å². The van der Waals surface area contributed by atoms with Crippen molar-refractivity contribution in [3.05, 3.63) is 28.8 Å². The normalized spacial score (nSPS) is 24.6. The summed E-state index contributed by atoms with van der Waals surface area (Å²) >= 11 is 6.01. The molecule has 1 atom stereocenters. The van der Waals surface area contributed by atoms with Crippen LogP contribution < -0.4 is 4.74 Å². The number of hydrogen-bond acceptors (Lipinski definition) is 3. The topological polar surface area (TPSA) is 38.7 Å². The monoisotopic (exact) mass is 270 g/mol. The molecule has 0 bridgehead atoms. The maximum Gasteiger partial charge on any atom is 0.122 e. The molecule has 1 fully saturated rings. The van der Waals surface area contributed by atoms with Crippen LogP contribution in [-0.4, -0.2) is 31.0 Å². The molecule has 100 valence electrons. The van der Waals surface area contributed by atoms with Gasteiger partial charge in [0.2, 0.25) is 0 Å². The Morgan fingerprint density at radius 2 is 2.22 bits per heavy atom. The minimum atomic E-state index is -0.714. The average Bonchev–Trinajstić information content (AvgIpc) is 2.54. The van der Waals surface area contributed by atoms with Gasteiger partial charge in [-0.1, -0.05) is 11.6 Å². The Morgan fingerprint density at radius 3 is 3.00 bits per heavy atom. The average molecular weight is 271 g/mol. The smallest absolute Gasteiger partial charge is 0.122 e. The lowest BCUT2D eigenvalue weighted by Crippen LogP contribution is -2.31. The molecule has 1 aromatic carbocycles. The maximum absolute atomic E-state index is 10.6. The molecule has 1 aliphatic heterocycles. The van der Waals surface area contributed by atoms with E-state index in [-0.39, 0.29) is 0 Å². The molecule has 18 heavy (non-hydrogen) atoms. The first-order valence-corrected chi connectivity index (χ1v) is 6.63. The zero-order chi connectivity index (χ0) is 13.0. The molecule has 0 spiro atoms. The summed E-state index contributed by atoms with van der Waals surface area (Å²) in [6.45, 7) is 1.34. The number of ether oxygens (including phenoxy) is 2. The van der Waals surface area contributed by atoms with E-state index in [1.165, 1.54) is 0 Å². The lowest BCUT2D eigenvalue weighted by atomic mass is 9.87. The molecular formula is C14H19ClO3. The van der Waals surface area contributed by atoms with Crippen molar-refractivity contribution in [2.45, 2.75) is 31.3 Å². The molecule has 3 nitrogen and oxygen atoms in total. The van der Waals surface area contributed by atoms with Crippen molar-refractivity contribution >= 4 is 11.6 Å². The molecule has 1 aromatic rings. The second-order valence-electron chi connectivity index (χ2n) is 4.82. The van der Waals surface area contributed by atoms with E-state index in [2.05, 4.69) is 0 Å². The summed E-state index contributed by atoms with van der Waals surface area (Å²) in [5.41, 5.74) is 0.239. The fraction of sp³-hybridized carbons (Fsp3) is 0.571. The molecule has 0 aliphatic carbocycles. The van der Waals surface area contributed by atoms with Crippen molar-refractivity contribution in [1.29, 1.82) is 0 Å². The van der Waals surface area contributed by atoms with Gasteiger partial charge in [0, 0.05) is 24.7 Å². The molecule has 1 saturated heterocycles. The van der Waals surface area contributed by atoms with Gasteiger partial charge in [-0.3, -0.25) is 0 Å². The predicted octanol–water partition coefficient (Wildman–Crippen LogP) is 2.82. The van der Waals surface area contributed by atoms with Crippen molar-refractivity contribution in [3.8, 4) is 5.75 Å². The van der Waals surface area contributed by atoms with Crippen molar-refractivity contribution in [2.24, 2.45) is 0 Å². The zero-order valence-electron chi connectivity index (χ0n) is 10.6. The highest BCUT2D eigenvalue weighted by Gasteiger charge is 2.29. The summed E-state index contributed by atoms with van der Waals surface area (Å²) in [6, 6.07) is 5.50. The van der Waals surface area contributed by atoms with Crippen molar-refractivity contribution in [3.63, 3.8) is 0 Å². The van der Waals surface area contributed by atoms with E-state index in [0.29, 0.717) is 24.5 Å². The summed E-state index contributed by atoms with van der Waals surface area (Å²) in [5.74, 6) is 0.776. The van der Waals surface area contributed by atoms with E-state index in [0.717, 1.165) is 30.8 Å². The molecule has 2 rings (SSSR count). The highest BCUT2D eigenvalue weighted by molar-refractivity contribution is 6.30. The van der Waals surface area contributed by atoms with Crippen LogP contribution in [0, 0.1) is 0 Å². The van der Waals surface area contributed by atoms with Crippen molar-refractivity contribution in [2.75, 3.05) is 20.3 Å². The second kappa shape index (κ2) is 5.91. The van der Waals surface area contributed by atoms with Crippen LogP contribution in [-0.2, 0) is 11.2 Å². The molecule has 1 aliphatic rings. The fourth-order valence-electron chi connectivity index (χ4n) is 2.41. The van der Waals surface area contributed by atoms with E-state index in [1.54, 1.807) is 13.2 Å². The quantitative estimate of drug-likeness (QED) is 0.918. The Labute approximate surface area is 113 Å². The third-order valence-corrected chi connectivity index (χ3v) is 3.64. The molecule has 0 saturated carbocycles. The molecule has 1 unspecified atom stereocenters. The Hall–Kier alpha value is -0.770. The molecular weight excluding hydrogens is 252 g/mol. The minimum absolute atomic E-state index is 0.556. The molecule has 0 amide bonds. The molecule has 4 heteroatoms. The molecule has 1 heterocycles. The first-order chi connectivity index (χ1) is 8.63. The van der Waals surface area contributed by atoms with Crippen LogP contribution in [0.2, 0.25) is 5.02 Å². The summed E-state index contributed by atoms with van der Waals surface area (Å²) in [4.78, 5) is 0. The Bertz CT molecular complexity index is 398. The SMILES string of the molecule is COc1ccc(Cl)cc1CC1(O)CCCOCC1. The van der Waals surface area contributed by atoms with Gasteiger partial charge >= 0.3 is 0 Å². The van der Waals surface area contributed by atoms with E-state index >= 15 is 0 Å². The van der Waals surface area contributed by atoms with Gasteiger partial charge in [-0.2, -0.15) is 0 Å². The first-order valence-electron chi connectivity index (χ1n) is 6.25. The highest BCUT2D eigenvalue weighted by Crippen LogP contribution is 2.31. The lowest BCUT2D eigenvalue weighted by molar-refractivity contribution is 0.0184. The van der Waals surface area contributed by atoms with Gasteiger partial charge in [0.15, 0.2) is 0 Å². The number of methoxy groups -OCH3 is 1. The van der Waals surface area contributed by atoms with Crippen LogP contribution in [0.15, 0.2) is 18.2 Å². The van der Waals surface area contributed by atoms with Crippen LogP contribution in [0.3, 0.4) is 0 Å². The van der Waals surface area contributed by atoms with Crippen molar-refractivity contribution in [1.82, 2.24) is 0 Å². The van der Waals surface area contributed by atoms with Gasteiger partial charge in [-0.15, -0.1) is 0 Å². The largest absolute Gasteiger partial charge is 0.496 e.